The minimum Gasteiger partial charge on any atom is -0.338 e. The molecule has 0 radical (unpaired) electrons. The van der Waals surface area contributed by atoms with E-state index in [0.29, 0.717) is 16.5 Å². The molecule has 98 valence electrons. The number of hydrogen-bond donors (Lipinski definition) is 0. The van der Waals surface area contributed by atoms with Gasteiger partial charge >= 0.3 is 0 Å². The highest BCUT2D eigenvalue weighted by Gasteiger charge is 2.27. The van der Waals surface area contributed by atoms with Gasteiger partial charge in [0.25, 0.3) is 5.91 Å². The summed E-state index contributed by atoms with van der Waals surface area (Å²) in [5.74, 6) is 0.651. The molecule has 1 atom stereocenters. The summed E-state index contributed by atoms with van der Waals surface area (Å²) in [5.41, 5.74) is 0.588. The molecule has 0 saturated carbocycles. The van der Waals surface area contributed by atoms with Gasteiger partial charge in [-0.3, -0.25) is 4.79 Å². The number of likely N-dealkylation sites (tertiary alicyclic amines) is 1. The quantitative estimate of drug-likeness (QED) is 0.697. The zero-order valence-corrected chi connectivity index (χ0v) is 13.8. The van der Waals surface area contributed by atoms with Crippen LogP contribution in [-0.2, 0) is 0 Å². The Labute approximate surface area is 129 Å². The molecule has 1 unspecified atom stereocenters. The number of halogens is 3. The van der Waals surface area contributed by atoms with Crippen molar-refractivity contribution in [1.29, 1.82) is 0 Å². The minimum atomic E-state index is 0.0402. The fourth-order valence-electron chi connectivity index (χ4n) is 2.25. The van der Waals surface area contributed by atoms with Gasteiger partial charge < -0.3 is 4.90 Å². The third-order valence-electron chi connectivity index (χ3n) is 3.27. The molecule has 0 spiro atoms. The lowest BCUT2D eigenvalue weighted by molar-refractivity contribution is 0.0787. The Bertz CT molecular complexity index is 453. The van der Waals surface area contributed by atoms with Crippen molar-refractivity contribution in [2.45, 2.75) is 12.8 Å². The molecule has 1 saturated heterocycles. The van der Waals surface area contributed by atoms with Crippen molar-refractivity contribution < 1.29 is 4.79 Å². The maximum Gasteiger partial charge on any atom is 0.255 e. The number of benzene rings is 1. The maximum atomic E-state index is 12.4. The number of carbonyl (C=O) groups excluding carboxylic acids is 1. The van der Waals surface area contributed by atoms with Crippen molar-refractivity contribution in [2.24, 2.45) is 5.92 Å². The van der Waals surface area contributed by atoms with Crippen molar-refractivity contribution in [1.82, 2.24) is 4.90 Å². The van der Waals surface area contributed by atoms with Gasteiger partial charge in [0.1, 0.15) is 0 Å². The second-order valence-corrected chi connectivity index (χ2v) is 6.51. The Morgan fingerprint density at radius 2 is 2.28 bits per heavy atom. The second-order valence-electron chi connectivity index (χ2n) is 4.48. The van der Waals surface area contributed by atoms with Crippen LogP contribution in [0.5, 0.6) is 0 Å². The van der Waals surface area contributed by atoms with Crippen molar-refractivity contribution in [3.63, 3.8) is 0 Å². The van der Waals surface area contributed by atoms with Crippen LogP contribution in [0.2, 0.25) is 5.02 Å². The molecule has 2 nitrogen and oxygen atoms in total. The molecule has 1 amide bonds. The molecule has 1 aliphatic rings. The summed E-state index contributed by atoms with van der Waals surface area (Å²) in [6.45, 7) is 1.67. The highest BCUT2D eigenvalue weighted by Crippen LogP contribution is 2.29. The van der Waals surface area contributed by atoms with Gasteiger partial charge in [-0.05, 0) is 46.8 Å². The predicted molar refractivity (Wildman–Crippen MR) is 81.6 cm³/mol. The van der Waals surface area contributed by atoms with E-state index in [2.05, 4.69) is 31.9 Å². The first-order valence-electron chi connectivity index (χ1n) is 5.92. The molecule has 2 rings (SSSR count). The predicted octanol–water partition coefficient (Wildman–Crippen LogP) is 4.35. The summed E-state index contributed by atoms with van der Waals surface area (Å²) in [4.78, 5) is 14.3. The topological polar surface area (TPSA) is 20.3 Å². The van der Waals surface area contributed by atoms with Crippen molar-refractivity contribution in [2.75, 3.05) is 18.4 Å². The van der Waals surface area contributed by atoms with Crippen LogP contribution in [0.3, 0.4) is 0 Å². The third-order valence-corrected chi connectivity index (χ3v) is 5.03. The molecule has 18 heavy (non-hydrogen) atoms. The smallest absolute Gasteiger partial charge is 0.255 e. The van der Waals surface area contributed by atoms with E-state index in [0.717, 1.165) is 35.7 Å². The highest BCUT2D eigenvalue weighted by molar-refractivity contribution is 9.10. The van der Waals surface area contributed by atoms with E-state index >= 15 is 0 Å². The number of nitrogens with zero attached hydrogens (tertiary/aromatic N) is 1. The van der Waals surface area contributed by atoms with E-state index in [-0.39, 0.29) is 5.91 Å². The highest BCUT2D eigenvalue weighted by atomic mass is 79.9. The molecular formula is C13H14Br2ClNO. The van der Waals surface area contributed by atoms with Gasteiger partial charge in [-0.2, -0.15) is 0 Å². The Hall–Kier alpha value is -0.0600. The average Bonchev–Trinajstić information content (AvgIpc) is 2.81. The second kappa shape index (κ2) is 6.40. The minimum absolute atomic E-state index is 0.0402. The standard InChI is InChI=1S/C13H14Br2ClNO/c14-6-4-9-5-7-17(8-9)13(18)10-2-1-3-11(15)12(10)16/h1-3,9H,4-8H2. The maximum absolute atomic E-state index is 12.4. The molecule has 1 aromatic carbocycles. The van der Waals surface area contributed by atoms with Crippen LogP contribution in [0.15, 0.2) is 22.7 Å². The van der Waals surface area contributed by atoms with Crippen molar-refractivity contribution in [3.05, 3.63) is 33.3 Å². The van der Waals surface area contributed by atoms with Gasteiger partial charge in [0, 0.05) is 22.9 Å². The number of alkyl halides is 1. The molecule has 1 aliphatic heterocycles. The Kier molecular flexibility index (Phi) is 5.10. The number of hydrogen-bond acceptors (Lipinski definition) is 1. The van der Waals surface area contributed by atoms with E-state index in [1.54, 1.807) is 6.07 Å². The molecule has 1 fully saturated rings. The van der Waals surface area contributed by atoms with E-state index in [9.17, 15) is 4.79 Å². The van der Waals surface area contributed by atoms with E-state index in [4.69, 9.17) is 11.6 Å². The summed E-state index contributed by atoms with van der Waals surface area (Å²) in [6.07, 6.45) is 2.21. The normalized spacial score (nSPS) is 19.3. The van der Waals surface area contributed by atoms with Gasteiger partial charge in [-0.1, -0.05) is 33.6 Å². The van der Waals surface area contributed by atoms with Crippen molar-refractivity contribution in [3.8, 4) is 0 Å². The fourth-order valence-corrected chi connectivity index (χ4v) is 3.47. The first kappa shape index (κ1) is 14.4. The lowest BCUT2D eigenvalue weighted by Gasteiger charge is -2.17. The zero-order valence-electron chi connectivity index (χ0n) is 9.83. The summed E-state index contributed by atoms with van der Waals surface area (Å²) in [6, 6.07) is 5.47. The lowest BCUT2D eigenvalue weighted by Crippen LogP contribution is -2.29. The summed E-state index contributed by atoms with van der Waals surface area (Å²) >= 11 is 13.0. The Balaban J connectivity index is 2.11. The summed E-state index contributed by atoms with van der Waals surface area (Å²) in [7, 11) is 0. The fraction of sp³-hybridized carbons (Fsp3) is 0.462. The molecule has 5 heteroatoms. The van der Waals surface area contributed by atoms with Gasteiger partial charge in [-0.25, -0.2) is 0 Å². The Morgan fingerprint density at radius 1 is 1.50 bits per heavy atom. The average molecular weight is 396 g/mol. The molecule has 1 aromatic rings. The van der Waals surface area contributed by atoms with Crippen LogP contribution in [0.1, 0.15) is 23.2 Å². The largest absolute Gasteiger partial charge is 0.338 e. The van der Waals surface area contributed by atoms with Crippen LogP contribution in [0.4, 0.5) is 0 Å². The van der Waals surface area contributed by atoms with Crippen LogP contribution in [-0.4, -0.2) is 29.2 Å². The monoisotopic (exact) mass is 393 g/mol. The summed E-state index contributed by atoms with van der Waals surface area (Å²) in [5, 5.41) is 1.50. The van der Waals surface area contributed by atoms with Crippen LogP contribution in [0.25, 0.3) is 0 Å². The molecule has 1 heterocycles. The zero-order chi connectivity index (χ0) is 13.1. The van der Waals surface area contributed by atoms with Crippen molar-refractivity contribution >= 4 is 49.4 Å². The molecular weight excluding hydrogens is 381 g/mol. The van der Waals surface area contributed by atoms with E-state index < -0.39 is 0 Å². The van der Waals surface area contributed by atoms with Crippen LogP contribution >= 0.6 is 43.5 Å². The number of carbonyl (C=O) groups is 1. The Morgan fingerprint density at radius 3 is 3.00 bits per heavy atom. The lowest BCUT2D eigenvalue weighted by atomic mass is 10.1. The first-order valence-corrected chi connectivity index (χ1v) is 8.22. The molecule has 0 N–H and O–H groups in total. The van der Waals surface area contributed by atoms with Crippen LogP contribution < -0.4 is 0 Å². The van der Waals surface area contributed by atoms with Gasteiger partial charge in [-0.15, -0.1) is 0 Å². The molecule has 0 aromatic heterocycles. The third kappa shape index (κ3) is 3.09. The molecule has 0 bridgehead atoms. The summed E-state index contributed by atoms with van der Waals surface area (Å²) < 4.78 is 0.770. The van der Waals surface area contributed by atoms with Gasteiger partial charge in [0.2, 0.25) is 0 Å². The van der Waals surface area contributed by atoms with E-state index in [1.807, 2.05) is 17.0 Å². The molecule has 0 aliphatic carbocycles. The number of amides is 1. The van der Waals surface area contributed by atoms with Gasteiger partial charge in [0.15, 0.2) is 0 Å². The van der Waals surface area contributed by atoms with E-state index in [1.165, 1.54) is 0 Å². The SMILES string of the molecule is O=C(c1cccc(Br)c1Cl)N1CCC(CCBr)C1. The van der Waals surface area contributed by atoms with Crippen LogP contribution in [0, 0.1) is 5.92 Å². The number of rotatable bonds is 3. The van der Waals surface area contributed by atoms with Gasteiger partial charge in [0.05, 0.1) is 10.6 Å². The first-order chi connectivity index (χ1) is 8.63.